The second-order valence-corrected chi connectivity index (χ2v) is 3.06. The third-order valence-electron chi connectivity index (χ3n) is 1.37. The maximum atomic E-state index is 12.9. The molecule has 0 saturated heterocycles. The Bertz CT molecular complexity index is 396. The summed E-state index contributed by atoms with van der Waals surface area (Å²) in [5.41, 5.74) is -0.745. The van der Waals surface area contributed by atoms with Crippen molar-refractivity contribution in [3.8, 4) is 5.75 Å². The lowest BCUT2D eigenvalue weighted by Gasteiger charge is -2.01. The number of hydrogen-bond acceptors (Lipinski definition) is 4. The van der Waals surface area contributed by atoms with Crippen LogP contribution in [0.2, 0.25) is 0 Å². The van der Waals surface area contributed by atoms with Crippen molar-refractivity contribution in [3.05, 3.63) is 32.5 Å². The van der Waals surface area contributed by atoms with Gasteiger partial charge in [0.15, 0.2) is 5.75 Å². The highest BCUT2D eigenvalue weighted by Gasteiger charge is 2.18. The van der Waals surface area contributed by atoms with Crippen molar-refractivity contribution in [2.75, 3.05) is 0 Å². The number of nitro groups is 1. The Morgan fingerprint density at radius 2 is 2.21 bits per heavy atom. The van der Waals surface area contributed by atoms with Crippen LogP contribution in [0.25, 0.3) is 0 Å². The van der Waals surface area contributed by atoms with Crippen LogP contribution in [0.4, 0.5) is 10.1 Å². The molecule has 7 heteroatoms. The first-order valence-electron chi connectivity index (χ1n) is 3.30. The lowest BCUT2D eigenvalue weighted by atomic mass is 10.3. The van der Waals surface area contributed by atoms with Crippen molar-refractivity contribution in [2.24, 2.45) is 0 Å². The first kappa shape index (κ1) is 10.6. The Labute approximate surface area is 85.8 Å². The van der Waals surface area contributed by atoms with Crippen molar-refractivity contribution >= 4 is 28.1 Å². The summed E-state index contributed by atoms with van der Waals surface area (Å²) in [5.74, 6) is -1.10. The highest BCUT2D eigenvalue weighted by Crippen LogP contribution is 2.31. The Morgan fingerprint density at radius 1 is 1.57 bits per heavy atom. The van der Waals surface area contributed by atoms with E-state index in [0.29, 0.717) is 0 Å². The summed E-state index contributed by atoms with van der Waals surface area (Å²) >= 11 is 2.88. The quantitative estimate of drug-likeness (QED) is 0.475. The smallest absolute Gasteiger partial charge is 0.308 e. The van der Waals surface area contributed by atoms with Gasteiger partial charge in [-0.2, -0.15) is 4.39 Å². The average molecular weight is 264 g/mol. The molecular formula is C7H3BrFNO4. The molecule has 0 unspecified atom stereocenters. The number of halogens is 2. The van der Waals surface area contributed by atoms with Gasteiger partial charge in [-0.05, 0) is 22.0 Å². The van der Waals surface area contributed by atoms with Gasteiger partial charge in [-0.3, -0.25) is 14.9 Å². The predicted octanol–water partition coefficient (Wildman–Crippen LogP) is 2.03. The van der Waals surface area contributed by atoms with Crippen molar-refractivity contribution in [1.29, 1.82) is 0 Å². The number of carbonyl (C=O) groups excluding carboxylic acids is 1. The summed E-state index contributed by atoms with van der Waals surface area (Å²) in [4.78, 5) is 19.4. The SMILES string of the molecule is O=COc1cc([N+](=O)[O-])c(F)cc1Br. The zero-order valence-corrected chi connectivity index (χ0v) is 8.15. The molecule has 1 aromatic carbocycles. The third-order valence-corrected chi connectivity index (χ3v) is 1.99. The second kappa shape index (κ2) is 4.14. The minimum Gasteiger partial charge on any atom is -0.427 e. The van der Waals surface area contributed by atoms with Crippen LogP contribution in [-0.4, -0.2) is 11.4 Å². The van der Waals surface area contributed by atoms with Gasteiger partial charge in [-0.25, -0.2) is 0 Å². The predicted molar refractivity (Wildman–Crippen MR) is 47.4 cm³/mol. The van der Waals surface area contributed by atoms with Crippen LogP contribution >= 0.6 is 15.9 Å². The van der Waals surface area contributed by atoms with Gasteiger partial charge in [-0.15, -0.1) is 0 Å². The Balaban J connectivity index is 3.26. The number of rotatable bonds is 3. The summed E-state index contributed by atoms with van der Waals surface area (Å²) in [5, 5.41) is 10.3. The molecule has 0 spiro atoms. The molecule has 0 aliphatic carbocycles. The molecule has 0 fully saturated rings. The third kappa shape index (κ3) is 2.05. The van der Waals surface area contributed by atoms with Gasteiger partial charge in [0.05, 0.1) is 15.5 Å². The van der Waals surface area contributed by atoms with E-state index in [1.54, 1.807) is 0 Å². The summed E-state index contributed by atoms with van der Waals surface area (Å²) in [6, 6.07) is 1.69. The van der Waals surface area contributed by atoms with Crippen LogP contribution in [0, 0.1) is 15.9 Å². The van der Waals surface area contributed by atoms with E-state index in [2.05, 4.69) is 20.7 Å². The number of carbonyl (C=O) groups is 1. The zero-order valence-electron chi connectivity index (χ0n) is 6.57. The van der Waals surface area contributed by atoms with Crippen LogP contribution in [0.1, 0.15) is 0 Å². The Kier molecular flexibility index (Phi) is 3.13. The topological polar surface area (TPSA) is 69.4 Å². The maximum absolute atomic E-state index is 12.9. The van der Waals surface area contributed by atoms with Crippen LogP contribution in [0.3, 0.4) is 0 Å². The van der Waals surface area contributed by atoms with Crippen molar-refractivity contribution in [1.82, 2.24) is 0 Å². The van der Waals surface area contributed by atoms with Gasteiger partial charge in [0.2, 0.25) is 5.82 Å². The van der Waals surface area contributed by atoms with Crippen molar-refractivity contribution < 1.29 is 18.8 Å². The number of nitrogens with zero attached hydrogens (tertiary/aromatic N) is 1. The van der Waals surface area contributed by atoms with E-state index < -0.39 is 16.4 Å². The van der Waals surface area contributed by atoms with Crippen molar-refractivity contribution in [2.45, 2.75) is 0 Å². The summed E-state index contributed by atoms with van der Waals surface area (Å²) in [6.07, 6.45) is 0. The summed E-state index contributed by atoms with van der Waals surface area (Å²) in [6.45, 7) is 0.0989. The van der Waals surface area contributed by atoms with Crippen LogP contribution in [0.5, 0.6) is 5.75 Å². The van der Waals surface area contributed by atoms with Gasteiger partial charge in [0.25, 0.3) is 6.47 Å². The van der Waals surface area contributed by atoms with Crippen LogP contribution in [-0.2, 0) is 4.79 Å². The standard InChI is InChI=1S/C7H3BrFNO4/c8-4-1-5(9)6(10(12)13)2-7(4)14-3-11/h1-3H. The van der Waals surface area contributed by atoms with Crippen molar-refractivity contribution in [3.63, 3.8) is 0 Å². The molecule has 0 saturated carbocycles. The van der Waals surface area contributed by atoms with Gasteiger partial charge in [-0.1, -0.05) is 0 Å². The Hall–Kier alpha value is -1.50. The fraction of sp³-hybridized carbons (Fsp3) is 0. The van der Waals surface area contributed by atoms with Gasteiger partial charge in [0.1, 0.15) is 0 Å². The molecule has 1 rings (SSSR count). The molecule has 0 amide bonds. The molecule has 5 nitrogen and oxygen atoms in total. The number of benzene rings is 1. The maximum Gasteiger partial charge on any atom is 0.308 e. The first-order valence-corrected chi connectivity index (χ1v) is 4.09. The molecule has 0 aromatic heterocycles. The molecule has 74 valence electrons. The van der Waals surface area contributed by atoms with E-state index in [1.165, 1.54) is 0 Å². The highest BCUT2D eigenvalue weighted by molar-refractivity contribution is 9.10. The largest absolute Gasteiger partial charge is 0.427 e. The lowest BCUT2D eigenvalue weighted by Crippen LogP contribution is -1.96. The minimum atomic E-state index is -1.000. The molecule has 0 atom stereocenters. The molecule has 0 radical (unpaired) electrons. The molecule has 0 N–H and O–H groups in total. The van der Waals surface area contributed by atoms with Gasteiger partial charge < -0.3 is 4.74 Å². The summed E-state index contributed by atoms with van der Waals surface area (Å²) < 4.78 is 17.4. The Morgan fingerprint density at radius 3 is 2.71 bits per heavy atom. The van der Waals surface area contributed by atoms with Gasteiger partial charge in [0, 0.05) is 0 Å². The van der Waals surface area contributed by atoms with E-state index in [9.17, 15) is 19.3 Å². The molecule has 0 bridgehead atoms. The molecule has 0 aliphatic rings. The molecule has 1 aromatic rings. The fourth-order valence-corrected chi connectivity index (χ4v) is 1.21. The minimum absolute atomic E-state index is 0.0989. The molecule has 14 heavy (non-hydrogen) atoms. The van der Waals surface area contributed by atoms with E-state index in [0.717, 1.165) is 12.1 Å². The van der Waals surface area contributed by atoms with E-state index in [1.807, 2.05) is 0 Å². The first-order chi connectivity index (χ1) is 6.56. The van der Waals surface area contributed by atoms with Gasteiger partial charge >= 0.3 is 5.69 Å². The van der Waals surface area contributed by atoms with Crippen LogP contribution in [0.15, 0.2) is 16.6 Å². The second-order valence-electron chi connectivity index (χ2n) is 2.21. The zero-order chi connectivity index (χ0) is 10.7. The number of ether oxygens (including phenoxy) is 1. The number of nitro benzene ring substituents is 1. The molecule has 0 aliphatic heterocycles. The fourth-order valence-electron chi connectivity index (χ4n) is 0.800. The molecule has 0 heterocycles. The lowest BCUT2D eigenvalue weighted by molar-refractivity contribution is -0.387. The van der Waals surface area contributed by atoms with E-state index in [4.69, 9.17) is 0 Å². The normalized spacial score (nSPS) is 9.57. The van der Waals surface area contributed by atoms with E-state index in [-0.39, 0.29) is 16.7 Å². The monoisotopic (exact) mass is 263 g/mol. The average Bonchev–Trinajstić information content (AvgIpc) is 2.09. The van der Waals surface area contributed by atoms with E-state index >= 15 is 0 Å². The highest BCUT2D eigenvalue weighted by atomic mass is 79.9. The number of hydrogen-bond donors (Lipinski definition) is 0. The van der Waals surface area contributed by atoms with Crippen LogP contribution < -0.4 is 4.74 Å². The summed E-state index contributed by atoms with van der Waals surface area (Å²) in [7, 11) is 0. The molecular weight excluding hydrogens is 261 g/mol.